The highest BCUT2D eigenvalue weighted by Gasteiger charge is 2.40. The normalized spacial score (nSPS) is 26.5. The van der Waals surface area contributed by atoms with Crippen molar-refractivity contribution in [1.82, 2.24) is 0 Å². The van der Waals surface area contributed by atoms with E-state index in [0.29, 0.717) is 0 Å². The first-order chi connectivity index (χ1) is 10.2. The number of hydrogen-bond donors (Lipinski definition) is 0. The molecule has 0 spiro atoms. The first-order valence-corrected chi connectivity index (χ1v) is 7.45. The van der Waals surface area contributed by atoms with Gasteiger partial charge in [0.05, 0.1) is 19.1 Å². The topological polar surface area (TPSA) is 44.8 Å². The van der Waals surface area contributed by atoms with Crippen LogP contribution in [0.3, 0.4) is 0 Å². The van der Waals surface area contributed by atoms with Crippen LogP contribution in [-0.4, -0.2) is 32.6 Å². The van der Waals surface area contributed by atoms with E-state index in [4.69, 9.17) is 14.2 Å². The standard InChI is InChI=1S/C17H24O4/c1-12(17(18)20-3)14-11-16(19-2)21-15(14)10-9-13-7-5-4-6-8-13/h4-8,12,14-16H,9-11H2,1-3H3/t12-,14+,15-,16-/m0/s1. The van der Waals surface area contributed by atoms with Crippen molar-refractivity contribution in [3.63, 3.8) is 0 Å². The minimum atomic E-state index is -0.220. The zero-order chi connectivity index (χ0) is 15.2. The van der Waals surface area contributed by atoms with E-state index in [1.165, 1.54) is 12.7 Å². The van der Waals surface area contributed by atoms with Gasteiger partial charge >= 0.3 is 5.97 Å². The van der Waals surface area contributed by atoms with Crippen LogP contribution >= 0.6 is 0 Å². The zero-order valence-corrected chi connectivity index (χ0v) is 13.0. The van der Waals surface area contributed by atoms with Gasteiger partial charge in [0.2, 0.25) is 0 Å². The summed E-state index contributed by atoms with van der Waals surface area (Å²) in [4.78, 5) is 11.8. The Hall–Kier alpha value is -1.39. The van der Waals surface area contributed by atoms with E-state index in [0.717, 1.165) is 19.3 Å². The maximum Gasteiger partial charge on any atom is 0.308 e. The van der Waals surface area contributed by atoms with Crippen molar-refractivity contribution in [2.75, 3.05) is 14.2 Å². The summed E-state index contributed by atoms with van der Waals surface area (Å²) in [6.45, 7) is 1.91. The van der Waals surface area contributed by atoms with Gasteiger partial charge in [-0.15, -0.1) is 0 Å². The number of rotatable bonds is 6. The zero-order valence-electron chi connectivity index (χ0n) is 13.0. The van der Waals surface area contributed by atoms with E-state index in [9.17, 15) is 4.79 Å². The second-order valence-corrected chi connectivity index (χ2v) is 5.58. The maximum atomic E-state index is 11.8. The molecular weight excluding hydrogens is 268 g/mol. The first kappa shape index (κ1) is 16.0. The molecule has 1 aliphatic heterocycles. The molecule has 0 aliphatic carbocycles. The van der Waals surface area contributed by atoms with Crippen molar-refractivity contribution >= 4 is 5.97 Å². The number of hydrogen-bond acceptors (Lipinski definition) is 4. The summed E-state index contributed by atoms with van der Waals surface area (Å²) in [6, 6.07) is 10.3. The van der Waals surface area contributed by atoms with E-state index >= 15 is 0 Å². The molecule has 0 unspecified atom stereocenters. The summed E-state index contributed by atoms with van der Waals surface area (Å²) in [7, 11) is 3.07. The largest absolute Gasteiger partial charge is 0.469 e. The summed E-state index contributed by atoms with van der Waals surface area (Å²) in [6.07, 6.45) is 2.38. The molecule has 0 saturated carbocycles. The Balaban J connectivity index is 1.99. The second kappa shape index (κ2) is 7.57. The fraction of sp³-hybridized carbons (Fsp3) is 0.588. The Morgan fingerprint density at radius 2 is 2.05 bits per heavy atom. The SMILES string of the molecule is COC(=O)[C@@H](C)[C@H]1C[C@@H](OC)O[C@H]1CCc1ccccc1. The van der Waals surface area contributed by atoms with Crippen molar-refractivity contribution in [3.8, 4) is 0 Å². The van der Waals surface area contributed by atoms with Crippen molar-refractivity contribution in [1.29, 1.82) is 0 Å². The van der Waals surface area contributed by atoms with E-state index in [2.05, 4.69) is 12.1 Å². The highest BCUT2D eigenvalue weighted by molar-refractivity contribution is 5.72. The lowest BCUT2D eigenvalue weighted by Crippen LogP contribution is -2.29. The molecule has 0 bridgehead atoms. The lowest BCUT2D eigenvalue weighted by molar-refractivity contribution is -0.148. The van der Waals surface area contributed by atoms with Crippen molar-refractivity contribution in [3.05, 3.63) is 35.9 Å². The molecule has 0 amide bonds. The van der Waals surface area contributed by atoms with Gasteiger partial charge in [0.25, 0.3) is 0 Å². The minimum Gasteiger partial charge on any atom is -0.469 e. The molecule has 1 aromatic rings. The molecule has 4 nitrogen and oxygen atoms in total. The molecular formula is C17H24O4. The number of methoxy groups -OCH3 is 2. The first-order valence-electron chi connectivity index (χ1n) is 7.45. The quantitative estimate of drug-likeness (QED) is 0.756. The number of carbonyl (C=O) groups excluding carboxylic acids is 1. The smallest absolute Gasteiger partial charge is 0.308 e. The Morgan fingerprint density at radius 1 is 1.33 bits per heavy atom. The van der Waals surface area contributed by atoms with Gasteiger partial charge in [-0.05, 0) is 18.4 Å². The molecule has 1 fully saturated rings. The third kappa shape index (κ3) is 4.05. The molecule has 1 saturated heterocycles. The van der Waals surface area contributed by atoms with Crippen LogP contribution in [0.2, 0.25) is 0 Å². The third-order valence-electron chi connectivity index (χ3n) is 4.31. The molecule has 116 valence electrons. The van der Waals surface area contributed by atoms with Gasteiger partial charge in [-0.3, -0.25) is 4.79 Å². The van der Waals surface area contributed by atoms with Gasteiger partial charge in [0, 0.05) is 19.4 Å². The van der Waals surface area contributed by atoms with E-state index in [1.54, 1.807) is 7.11 Å². The number of esters is 1. The fourth-order valence-corrected chi connectivity index (χ4v) is 3.00. The van der Waals surface area contributed by atoms with Crippen molar-refractivity contribution in [2.45, 2.75) is 38.6 Å². The lowest BCUT2D eigenvalue weighted by Gasteiger charge is -2.22. The van der Waals surface area contributed by atoms with Crippen LogP contribution in [0.5, 0.6) is 0 Å². The number of ether oxygens (including phenoxy) is 3. The number of carbonyl (C=O) groups is 1. The molecule has 4 heteroatoms. The van der Waals surface area contributed by atoms with Crippen LogP contribution < -0.4 is 0 Å². The molecule has 21 heavy (non-hydrogen) atoms. The van der Waals surface area contributed by atoms with Crippen LogP contribution in [0.15, 0.2) is 30.3 Å². The number of aryl methyl sites for hydroxylation is 1. The van der Waals surface area contributed by atoms with Crippen molar-refractivity contribution < 1.29 is 19.0 Å². The van der Waals surface area contributed by atoms with Crippen LogP contribution in [-0.2, 0) is 25.4 Å². The van der Waals surface area contributed by atoms with Crippen molar-refractivity contribution in [2.24, 2.45) is 11.8 Å². The predicted molar refractivity (Wildman–Crippen MR) is 79.7 cm³/mol. The van der Waals surface area contributed by atoms with Crippen LogP contribution in [0.1, 0.15) is 25.3 Å². The predicted octanol–water partition coefficient (Wildman–Crippen LogP) is 2.81. The van der Waals surface area contributed by atoms with E-state index < -0.39 is 0 Å². The van der Waals surface area contributed by atoms with Gasteiger partial charge in [-0.25, -0.2) is 0 Å². The molecule has 0 radical (unpaired) electrons. The Bertz CT molecular complexity index is 445. The van der Waals surface area contributed by atoms with Gasteiger partial charge in [-0.2, -0.15) is 0 Å². The third-order valence-corrected chi connectivity index (χ3v) is 4.31. The average Bonchev–Trinajstić information content (AvgIpc) is 2.95. The Labute approximate surface area is 126 Å². The molecule has 4 atom stereocenters. The molecule has 0 N–H and O–H groups in total. The Morgan fingerprint density at radius 3 is 2.67 bits per heavy atom. The summed E-state index contributed by atoms with van der Waals surface area (Å²) >= 11 is 0. The average molecular weight is 292 g/mol. The summed E-state index contributed by atoms with van der Waals surface area (Å²) in [5.74, 6) is -0.202. The van der Waals surface area contributed by atoms with Gasteiger partial charge < -0.3 is 14.2 Å². The fourth-order valence-electron chi connectivity index (χ4n) is 3.00. The Kier molecular flexibility index (Phi) is 5.76. The van der Waals surface area contributed by atoms with Crippen LogP contribution in [0, 0.1) is 11.8 Å². The van der Waals surface area contributed by atoms with Crippen LogP contribution in [0.4, 0.5) is 0 Å². The summed E-state index contributed by atoms with van der Waals surface area (Å²) < 4.78 is 16.1. The van der Waals surface area contributed by atoms with Crippen LogP contribution in [0.25, 0.3) is 0 Å². The molecule has 1 aromatic carbocycles. The van der Waals surface area contributed by atoms with Gasteiger partial charge in [-0.1, -0.05) is 37.3 Å². The van der Waals surface area contributed by atoms with Gasteiger partial charge in [0.1, 0.15) is 0 Å². The molecule has 1 heterocycles. The number of benzene rings is 1. The minimum absolute atomic E-state index is 0.0317. The highest BCUT2D eigenvalue weighted by atomic mass is 16.7. The molecule has 1 aliphatic rings. The monoisotopic (exact) mass is 292 g/mol. The van der Waals surface area contributed by atoms with E-state index in [-0.39, 0.29) is 30.2 Å². The summed E-state index contributed by atoms with van der Waals surface area (Å²) in [5, 5.41) is 0. The second-order valence-electron chi connectivity index (χ2n) is 5.58. The van der Waals surface area contributed by atoms with Gasteiger partial charge in [0.15, 0.2) is 6.29 Å². The van der Waals surface area contributed by atoms with E-state index in [1.807, 2.05) is 25.1 Å². The summed E-state index contributed by atoms with van der Waals surface area (Å²) in [5.41, 5.74) is 1.28. The highest BCUT2D eigenvalue weighted by Crippen LogP contribution is 2.35. The molecule has 2 rings (SSSR count). The maximum absolute atomic E-state index is 11.8. The molecule has 0 aromatic heterocycles. The lowest BCUT2D eigenvalue weighted by atomic mass is 9.85.